The van der Waals surface area contributed by atoms with E-state index >= 15 is 0 Å². The van der Waals surface area contributed by atoms with Crippen LogP contribution in [0.2, 0.25) is 0 Å². The van der Waals surface area contributed by atoms with E-state index in [1.165, 1.54) is 63.1 Å². The Balaban J connectivity index is 0.000000274. The number of Topliss-reactive ketones (excluding diaryl/α,β-unsaturated/α-hetero) is 1. The van der Waals surface area contributed by atoms with Gasteiger partial charge in [-0.2, -0.15) is 30.9 Å². The maximum Gasteiger partial charge on any atom is 0.333 e. The average molecular weight is 1310 g/mol. The number of carbonyl (C=O) groups excluding carboxylic acids is 1. The largest absolute Gasteiger partial charge is 0.480 e. The second-order valence-corrected chi connectivity index (χ2v) is 27.3. The number of nitrogens with two attached hydrogens (primary N) is 1. The molecule has 2 aliphatic rings. The number of carboxylic acid groups (broad SMARTS) is 1. The summed E-state index contributed by atoms with van der Waals surface area (Å²) in [5, 5.41) is 47.7. The van der Waals surface area contributed by atoms with Crippen molar-refractivity contribution in [2.45, 2.75) is 223 Å². The minimum absolute atomic E-state index is 0. The fourth-order valence-electron chi connectivity index (χ4n) is 12.1. The Morgan fingerprint density at radius 3 is 1.29 bits per heavy atom. The Morgan fingerprint density at radius 2 is 0.968 bits per heavy atom. The fourth-order valence-corrected chi connectivity index (χ4v) is 14.5. The van der Waals surface area contributed by atoms with Crippen LogP contribution in [0, 0.1) is 54.3 Å². The molecule has 10 rings (SSSR count). The lowest BCUT2D eigenvalue weighted by molar-refractivity contribution is -0.146. The lowest BCUT2D eigenvalue weighted by Gasteiger charge is -2.31. The molecule has 0 saturated heterocycles. The van der Waals surface area contributed by atoms with Crippen molar-refractivity contribution in [2.75, 3.05) is 0 Å². The number of benzene rings is 2. The highest BCUT2D eigenvalue weighted by atomic mass is 32.1. The van der Waals surface area contributed by atoms with Crippen LogP contribution in [0.25, 0.3) is 30.4 Å². The number of rotatable bonds is 20. The fraction of sp³-hybridized carbons (Fsp3) is 0.536. The number of hydrogen-bond acceptors (Lipinski definition) is 17. The van der Waals surface area contributed by atoms with Gasteiger partial charge in [0.25, 0.3) is 11.1 Å². The third kappa shape index (κ3) is 16.0. The first-order valence-electron chi connectivity index (χ1n) is 31.4. The molecule has 6 heterocycles. The van der Waals surface area contributed by atoms with Crippen LogP contribution in [0.3, 0.4) is 0 Å². The van der Waals surface area contributed by atoms with Crippen LogP contribution in [0.5, 0.6) is 0 Å². The summed E-state index contributed by atoms with van der Waals surface area (Å²) in [5.74, 6) is -1.36. The van der Waals surface area contributed by atoms with E-state index in [4.69, 9.17) is 15.2 Å². The third-order valence-corrected chi connectivity index (χ3v) is 19.7. The molecule has 0 amide bonds. The number of thiophene rings is 2. The predicted octanol–water partition coefficient (Wildman–Crippen LogP) is 11.8. The van der Waals surface area contributed by atoms with Gasteiger partial charge in [-0.05, 0) is 140 Å². The van der Waals surface area contributed by atoms with E-state index in [0.717, 1.165) is 95.6 Å². The first kappa shape index (κ1) is 74.0. The molecule has 8 aromatic rings. The molecule has 2 atom stereocenters. The molecule has 500 valence electrons. The van der Waals surface area contributed by atoms with Crippen molar-refractivity contribution in [1.82, 2.24) is 48.3 Å². The normalized spacial score (nSPS) is 17.3. The van der Waals surface area contributed by atoms with Gasteiger partial charge in [0, 0.05) is 29.4 Å². The van der Waals surface area contributed by atoms with Crippen LogP contribution in [-0.2, 0) is 56.1 Å². The Hall–Kier alpha value is -8.00. The van der Waals surface area contributed by atoms with Gasteiger partial charge in [-0.15, -0.1) is 9.59 Å². The molecular weight excluding hydrogens is 1220 g/mol. The molecule has 6 aromatic heterocycles. The quantitative estimate of drug-likeness (QED) is 0.0716. The summed E-state index contributed by atoms with van der Waals surface area (Å²) in [7, 11) is 0. The second kappa shape index (κ2) is 31.8. The number of nitrogens with zero attached hydrogens (tertiary/aromatic N) is 12. The van der Waals surface area contributed by atoms with Gasteiger partial charge in [0.2, 0.25) is 0 Å². The number of aryl methyl sites for hydroxylation is 4. The van der Waals surface area contributed by atoms with Gasteiger partial charge in [0.15, 0.2) is 5.78 Å². The van der Waals surface area contributed by atoms with Gasteiger partial charge >= 0.3 is 17.3 Å². The Kier molecular flexibility index (Phi) is 25.3. The van der Waals surface area contributed by atoms with Crippen LogP contribution in [0.1, 0.15) is 187 Å². The minimum Gasteiger partial charge on any atom is -0.480 e. The van der Waals surface area contributed by atoms with Crippen LogP contribution < -0.4 is 28.2 Å². The lowest BCUT2D eigenvalue weighted by atomic mass is 9.88. The smallest absolute Gasteiger partial charge is 0.333 e. The molecule has 0 spiro atoms. The molecule has 2 fully saturated rings. The number of aliphatic carboxylic acids is 1. The molecule has 2 saturated carbocycles. The van der Waals surface area contributed by atoms with E-state index < -0.39 is 51.8 Å². The molecule has 3 N–H and O–H groups in total. The number of ether oxygens (including phenoxy) is 2. The topological polar surface area (TPSA) is 296 Å². The number of nitriles is 2. The molecule has 0 bridgehead atoms. The maximum atomic E-state index is 14.6. The van der Waals surface area contributed by atoms with Crippen molar-refractivity contribution in [3.05, 3.63) is 148 Å². The van der Waals surface area contributed by atoms with E-state index in [1.807, 2.05) is 77.1 Å². The van der Waals surface area contributed by atoms with Crippen LogP contribution in [0.4, 0.5) is 0 Å². The number of fused-ring (bicyclic) bond motifs is 2. The van der Waals surface area contributed by atoms with E-state index in [1.54, 1.807) is 37.7 Å². The highest BCUT2D eigenvalue weighted by Gasteiger charge is 2.39. The van der Waals surface area contributed by atoms with Gasteiger partial charge < -0.3 is 20.3 Å². The molecule has 2 aliphatic carbocycles. The summed E-state index contributed by atoms with van der Waals surface area (Å²) in [6, 6.07) is 21.1. The first-order valence-corrected chi connectivity index (χ1v) is 33.0. The Labute approximate surface area is 552 Å². The zero-order valence-electron chi connectivity index (χ0n) is 54.2. The van der Waals surface area contributed by atoms with Crippen molar-refractivity contribution in [1.29, 1.82) is 10.5 Å². The van der Waals surface area contributed by atoms with E-state index in [9.17, 15) is 44.4 Å². The van der Waals surface area contributed by atoms with Crippen molar-refractivity contribution in [3.8, 4) is 22.1 Å². The van der Waals surface area contributed by atoms with E-state index in [0.29, 0.717) is 42.2 Å². The summed E-state index contributed by atoms with van der Waals surface area (Å²) >= 11 is 2.49. The average Bonchev–Trinajstić information content (AvgIpc) is 1.66. The second-order valence-electron chi connectivity index (χ2n) is 25.4. The van der Waals surface area contributed by atoms with Crippen LogP contribution in [-0.4, -0.2) is 83.4 Å². The summed E-state index contributed by atoms with van der Waals surface area (Å²) in [5.41, 5.74) is 4.78. The molecule has 0 aliphatic heterocycles. The van der Waals surface area contributed by atoms with Crippen molar-refractivity contribution >= 4 is 54.9 Å². The number of aromatic nitrogens is 10. The van der Waals surface area contributed by atoms with Gasteiger partial charge in [-0.1, -0.05) is 128 Å². The molecule has 93 heavy (non-hydrogen) atoms. The number of carbonyl (C=O) groups is 2. The molecular formula is C69H93N13O9S2. The van der Waals surface area contributed by atoms with Crippen molar-refractivity contribution < 1.29 is 24.2 Å². The van der Waals surface area contributed by atoms with Gasteiger partial charge in [0.05, 0.1) is 73.0 Å². The monoisotopic (exact) mass is 1310 g/mol. The number of hydrogen-bond donors (Lipinski definition) is 2. The van der Waals surface area contributed by atoms with E-state index in [2.05, 4.69) is 52.4 Å². The summed E-state index contributed by atoms with van der Waals surface area (Å²) in [6.07, 6.45) is 12.7. The molecule has 0 radical (unpaired) electrons. The molecule has 24 heteroatoms. The highest BCUT2D eigenvalue weighted by Crippen LogP contribution is 2.38. The highest BCUT2D eigenvalue weighted by molar-refractivity contribution is 7.21. The van der Waals surface area contributed by atoms with Gasteiger partial charge in [-0.25, -0.2) is 23.5 Å². The van der Waals surface area contributed by atoms with Gasteiger partial charge in [-0.3, -0.25) is 23.5 Å². The summed E-state index contributed by atoms with van der Waals surface area (Å²) < 4.78 is 18.6. The summed E-state index contributed by atoms with van der Waals surface area (Å²) in [4.78, 5) is 86.6. The molecule has 22 nitrogen and oxygen atoms in total. The Morgan fingerprint density at radius 1 is 0.624 bits per heavy atom. The molecule has 0 unspecified atom stereocenters. The third-order valence-electron chi connectivity index (χ3n) is 17.2. The summed E-state index contributed by atoms with van der Waals surface area (Å²) in [6.45, 7) is 21.7. The van der Waals surface area contributed by atoms with Crippen molar-refractivity contribution in [3.63, 3.8) is 0 Å². The first-order chi connectivity index (χ1) is 43.3. The maximum absolute atomic E-state index is 14.6. The lowest BCUT2D eigenvalue weighted by Crippen LogP contribution is -2.53. The SMILES string of the molecule is C.C.CC(C)N.CCc1ccccc1[C@H](Cn1c(=O)n(C(C)(C)C(=O)CC(C)C)c(=O)c2c(C)c(-n3nccn3)sc21)OC1CCC(C#N)CC1.CCc1ccccc1[C@H](Cn1c(=O)n(C(C)(C)C(=O)O)c(=O)c2c(C)c(-n3nccn3)sc21)OC1CCC(C#N)CC1. The van der Waals surface area contributed by atoms with Crippen LogP contribution >= 0.6 is 22.7 Å². The predicted molar refractivity (Wildman–Crippen MR) is 366 cm³/mol. The standard InChI is InChI=1S/C34H42N6O4S.C30H34N6O5S.C3H9N.2CH4/c1-7-24-10-8-9-11-26(24)27(44-25-14-12-23(19-35)13-15-25)20-38-32-29(22(4)31(45-32)40-36-16-17-37-40)30(42)39(33(38)43)34(5,6)28(41)18-21(2)3;1-5-20-8-6-7-9-22(20)23(41-21-12-10-19(16-31)11-13-21)17-34-27-24(18(2)26(42-27)36-32-14-15-33-36)25(37)35(29(34)40)30(3,4)28(38)39;1-3(2)4;;/h8-11,16-17,21,23,25,27H,7,12-15,18,20H2,1-6H3;6-9,14-15,19,21,23H,5,10-13,17H2,1-4H3,(H,38,39);3H,4H2,1-2H3;2*1H4/t23?,25?,27-;19?,21?,23-;;;/m00.../s1. The van der Waals surface area contributed by atoms with Gasteiger partial charge in [0.1, 0.15) is 42.9 Å². The zero-order valence-corrected chi connectivity index (χ0v) is 55.8. The Bertz CT molecular complexity index is 4190. The molecule has 2 aromatic carbocycles. The van der Waals surface area contributed by atoms with Crippen LogP contribution in [0.15, 0.2) is 92.5 Å². The van der Waals surface area contributed by atoms with E-state index in [-0.39, 0.29) is 75.5 Å². The van der Waals surface area contributed by atoms with Crippen molar-refractivity contribution in [2.24, 2.45) is 23.5 Å². The number of ketones is 1. The number of carboxylic acids is 1. The minimum atomic E-state index is -1.81. The zero-order chi connectivity index (χ0) is 66.2.